The lowest BCUT2D eigenvalue weighted by Gasteiger charge is -2.30. The summed E-state index contributed by atoms with van der Waals surface area (Å²) in [7, 11) is 0. The minimum absolute atomic E-state index is 0.0651. The molecular weight excluding hydrogens is 408 g/mol. The summed E-state index contributed by atoms with van der Waals surface area (Å²) in [5.41, 5.74) is 9.10. The van der Waals surface area contributed by atoms with E-state index >= 15 is 0 Å². The van der Waals surface area contributed by atoms with Crippen LogP contribution in [0.25, 0.3) is 43.4 Å². The SMILES string of the molecule is CC(C)(C)c1cc(C(C)(C)C)c2cc(C(C)(C)C)c3ccc4c(C(C)(C)C)ccc5c4c3c2c1-5. The van der Waals surface area contributed by atoms with E-state index in [0.29, 0.717) is 0 Å². The lowest BCUT2D eigenvalue weighted by molar-refractivity contribution is 0.573. The van der Waals surface area contributed by atoms with Gasteiger partial charge in [0.1, 0.15) is 0 Å². The van der Waals surface area contributed by atoms with Gasteiger partial charge in [-0.15, -0.1) is 0 Å². The molecule has 178 valence electrons. The van der Waals surface area contributed by atoms with Crippen LogP contribution in [0, 0.1) is 0 Å². The third kappa shape index (κ3) is 3.17. The van der Waals surface area contributed by atoms with Gasteiger partial charge in [0.25, 0.3) is 0 Å². The third-order valence-electron chi connectivity index (χ3n) is 7.88. The molecule has 1 aliphatic rings. The highest BCUT2D eigenvalue weighted by molar-refractivity contribution is 6.34. The van der Waals surface area contributed by atoms with Crippen molar-refractivity contribution in [2.45, 2.75) is 105 Å². The van der Waals surface area contributed by atoms with Gasteiger partial charge < -0.3 is 0 Å². The summed E-state index contributed by atoms with van der Waals surface area (Å²) in [6.07, 6.45) is 0. The number of hydrogen-bond donors (Lipinski definition) is 0. The summed E-state index contributed by atoms with van der Waals surface area (Å²) in [6.45, 7) is 28.4. The average Bonchev–Trinajstić information content (AvgIpc) is 3.01. The molecule has 0 atom stereocenters. The zero-order chi connectivity index (χ0) is 25.2. The number of fused-ring (bicyclic) bond motifs is 1. The summed E-state index contributed by atoms with van der Waals surface area (Å²) in [5, 5.41) is 8.78. The molecule has 0 saturated carbocycles. The van der Waals surface area contributed by atoms with Crippen molar-refractivity contribution < 1.29 is 0 Å². The van der Waals surface area contributed by atoms with Crippen LogP contribution in [0.15, 0.2) is 36.4 Å². The summed E-state index contributed by atoms with van der Waals surface area (Å²) < 4.78 is 0. The zero-order valence-electron chi connectivity index (χ0n) is 23.5. The van der Waals surface area contributed by atoms with Crippen LogP contribution in [-0.4, -0.2) is 0 Å². The van der Waals surface area contributed by atoms with Crippen LogP contribution in [0.2, 0.25) is 0 Å². The van der Waals surface area contributed by atoms with E-state index < -0.39 is 0 Å². The van der Waals surface area contributed by atoms with Gasteiger partial charge in [-0.05, 0) is 93.4 Å². The maximum atomic E-state index is 2.55. The smallest absolute Gasteiger partial charge is 0.00110 e. The molecular formula is C34H42. The van der Waals surface area contributed by atoms with Crippen molar-refractivity contribution in [2.75, 3.05) is 0 Å². The highest BCUT2D eigenvalue weighted by atomic mass is 14.4. The van der Waals surface area contributed by atoms with Crippen molar-refractivity contribution in [3.63, 3.8) is 0 Å². The summed E-state index contributed by atoms with van der Waals surface area (Å²) in [5.74, 6) is 0. The molecule has 4 aromatic rings. The van der Waals surface area contributed by atoms with E-state index in [1.54, 1.807) is 0 Å². The Kier molecular flexibility index (Phi) is 4.58. The number of benzene rings is 4. The van der Waals surface area contributed by atoms with E-state index in [9.17, 15) is 0 Å². The molecule has 5 rings (SSSR count). The summed E-state index contributed by atoms with van der Waals surface area (Å²) in [6, 6.07) is 14.8. The Bertz CT molecular complexity index is 1500. The van der Waals surface area contributed by atoms with Gasteiger partial charge in [0.2, 0.25) is 0 Å². The highest BCUT2D eigenvalue weighted by Gasteiger charge is 2.34. The first-order chi connectivity index (χ1) is 15.4. The van der Waals surface area contributed by atoms with Crippen LogP contribution in [0.5, 0.6) is 0 Å². The quantitative estimate of drug-likeness (QED) is 0.206. The first-order valence-corrected chi connectivity index (χ1v) is 13.0. The van der Waals surface area contributed by atoms with Crippen molar-refractivity contribution in [3.05, 3.63) is 58.7 Å². The molecule has 0 aliphatic heterocycles. The maximum Gasteiger partial charge on any atom is -0.00110 e. The Labute approximate surface area is 206 Å². The van der Waals surface area contributed by atoms with Gasteiger partial charge in [-0.3, -0.25) is 0 Å². The maximum absolute atomic E-state index is 2.55. The second-order valence-corrected chi connectivity index (χ2v) is 14.8. The predicted molar refractivity (Wildman–Crippen MR) is 153 cm³/mol. The monoisotopic (exact) mass is 450 g/mol. The fourth-order valence-electron chi connectivity index (χ4n) is 6.24. The van der Waals surface area contributed by atoms with Gasteiger partial charge in [0, 0.05) is 0 Å². The molecule has 4 aromatic carbocycles. The Morgan fingerprint density at radius 2 is 0.853 bits per heavy atom. The van der Waals surface area contributed by atoms with E-state index in [1.807, 2.05) is 0 Å². The normalized spacial score (nSPS) is 14.5. The van der Waals surface area contributed by atoms with Gasteiger partial charge >= 0.3 is 0 Å². The third-order valence-corrected chi connectivity index (χ3v) is 7.88. The molecule has 0 radical (unpaired) electrons. The van der Waals surface area contributed by atoms with Gasteiger partial charge in [0.15, 0.2) is 0 Å². The minimum atomic E-state index is 0.0651. The molecule has 1 aliphatic carbocycles. The molecule has 0 unspecified atom stereocenters. The van der Waals surface area contributed by atoms with E-state index in [4.69, 9.17) is 0 Å². The molecule has 0 aromatic heterocycles. The molecule has 0 saturated heterocycles. The second kappa shape index (κ2) is 6.66. The minimum Gasteiger partial charge on any atom is -0.0572 e. The molecule has 0 N–H and O–H groups in total. The molecule has 0 heteroatoms. The van der Waals surface area contributed by atoms with E-state index in [-0.39, 0.29) is 21.7 Å². The molecule has 0 amide bonds. The average molecular weight is 451 g/mol. The van der Waals surface area contributed by atoms with E-state index in [1.165, 1.54) is 65.7 Å². The summed E-state index contributed by atoms with van der Waals surface area (Å²) >= 11 is 0. The van der Waals surface area contributed by atoms with Crippen LogP contribution in [0.4, 0.5) is 0 Å². The van der Waals surface area contributed by atoms with Gasteiger partial charge in [-0.2, -0.15) is 0 Å². The second-order valence-electron chi connectivity index (χ2n) is 14.8. The first-order valence-electron chi connectivity index (χ1n) is 13.0. The predicted octanol–water partition coefficient (Wildman–Crippen LogP) is 10.3. The van der Waals surface area contributed by atoms with Crippen LogP contribution >= 0.6 is 0 Å². The molecule has 0 fully saturated rings. The van der Waals surface area contributed by atoms with Crippen molar-refractivity contribution >= 4 is 32.3 Å². The van der Waals surface area contributed by atoms with Crippen molar-refractivity contribution in [1.82, 2.24) is 0 Å². The number of rotatable bonds is 0. The number of hydrogen-bond acceptors (Lipinski definition) is 0. The Morgan fingerprint density at radius 3 is 1.35 bits per heavy atom. The van der Waals surface area contributed by atoms with Gasteiger partial charge in [0.05, 0.1) is 0 Å². The van der Waals surface area contributed by atoms with Crippen molar-refractivity contribution in [2.24, 2.45) is 0 Å². The lowest BCUT2D eigenvalue weighted by Crippen LogP contribution is -2.18. The summed E-state index contributed by atoms with van der Waals surface area (Å²) in [4.78, 5) is 0. The first kappa shape index (κ1) is 23.4. The van der Waals surface area contributed by atoms with Crippen LogP contribution < -0.4 is 0 Å². The van der Waals surface area contributed by atoms with E-state index in [2.05, 4.69) is 119 Å². The standard InChI is InChI=1S/C34H42/c1-31(2,3)23-16-15-21-27-19(23)13-14-20-24(32(4,5)6)17-22-25(33(7,8)9)18-26(34(10,11)12)28(21)30(22)29(20)27/h13-18H,1-12H3. The van der Waals surface area contributed by atoms with Gasteiger partial charge in [-0.25, -0.2) is 0 Å². The molecule has 0 heterocycles. The Hall–Kier alpha value is -2.34. The molecule has 0 spiro atoms. The Balaban J connectivity index is 2.16. The highest BCUT2D eigenvalue weighted by Crippen LogP contribution is 2.55. The van der Waals surface area contributed by atoms with Crippen LogP contribution in [-0.2, 0) is 21.7 Å². The van der Waals surface area contributed by atoms with Crippen LogP contribution in [0.3, 0.4) is 0 Å². The largest absolute Gasteiger partial charge is 0.0572 e. The van der Waals surface area contributed by atoms with Gasteiger partial charge in [-0.1, -0.05) is 113 Å². The van der Waals surface area contributed by atoms with Crippen molar-refractivity contribution in [3.8, 4) is 11.1 Å². The topological polar surface area (TPSA) is 0 Å². The lowest BCUT2D eigenvalue weighted by atomic mass is 9.73. The van der Waals surface area contributed by atoms with E-state index in [0.717, 1.165) is 0 Å². The fourth-order valence-corrected chi connectivity index (χ4v) is 6.24. The Morgan fingerprint density at radius 1 is 0.382 bits per heavy atom. The molecule has 0 nitrogen and oxygen atoms in total. The van der Waals surface area contributed by atoms with Crippen LogP contribution in [0.1, 0.15) is 105 Å². The fraction of sp³-hybridized carbons (Fsp3) is 0.471. The van der Waals surface area contributed by atoms with Crippen molar-refractivity contribution in [1.29, 1.82) is 0 Å². The zero-order valence-corrected chi connectivity index (χ0v) is 23.5. The molecule has 0 bridgehead atoms. The molecule has 34 heavy (non-hydrogen) atoms.